The fourth-order valence-corrected chi connectivity index (χ4v) is 2.76. The van der Waals surface area contributed by atoms with Gasteiger partial charge in [0.05, 0.1) is 13.2 Å². The predicted octanol–water partition coefficient (Wildman–Crippen LogP) is 5.04. The fourth-order valence-electron chi connectivity index (χ4n) is 2.53. The Labute approximate surface area is 152 Å². The molecule has 1 aromatic carbocycles. The van der Waals surface area contributed by atoms with Crippen molar-refractivity contribution in [3.05, 3.63) is 29.8 Å². The van der Waals surface area contributed by atoms with Crippen LogP contribution in [0.25, 0.3) is 0 Å². The first-order chi connectivity index (χ1) is 12.2. The number of benzene rings is 1. The van der Waals surface area contributed by atoms with Crippen molar-refractivity contribution in [2.24, 2.45) is 0 Å². The van der Waals surface area contributed by atoms with Gasteiger partial charge < -0.3 is 9.47 Å². The highest BCUT2D eigenvalue weighted by Gasteiger charge is 2.10. The maximum absolute atomic E-state index is 10.3. The monoisotopic (exact) mass is 371 g/mol. The molecule has 0 aliphatic carbocycles. The van der Waals surface area contributed by atoms with Gasteiger partial charge in [-0.1, -0.05) is 57.6 Å². The van der Waals surface area contributed by atoms with Crippen LogP contribution in [0.1, 0.15) is 57.4 Å². The Kier molecular flexibility index (Phi) is 13.5. The van der Waals surface area contributed by atoms with Crippen molar-refractivity contribution in [1.82, 2.24) is 0 Å². The molecule has 0 fully saturated rings. The molecule has 142 valence electrons. The summed E-state index contributed by atoms with van der Waals surface area (Å²) in [5, 5.41) is 0. The van der Waals surface area contributed by atoms with E-state index in [4.69, 9.17) is 14.4 Å². The molecule has 1 atom stereocenters. The van der Waals surface area contributed by atoms with Crippen LogP contribution in [0.15, 0.2) is 24.3 Å². The van der Waals surface area contributed by atoms with Crippen LogP contribution < -0.4 is 4.74 Å². The van der Waals surface area contributed by atoms with Gasteiger partial charge in [0.25, 0.3) is 0 Å². The minimum atomic E-state index is -2.54. The van der Waals surface area contributed by atoms with Crippen LogP contribution in [0.3, 0.4) is 0 Å². The Hall–Kier alpha value is -1.00. The van der Waals surface area contributed by atoms with Crippen molar-refractivity contribution in [3.8, 4) is 5.75 Å². The van der Waals surface area contributed by atoms with E-state index in [0.29, 0.717) is 13.2 Å². The van der Waals surface area contributed by atoms with Crippen molar-refractivity contribution < 1.29 is 23.5 Å². The molecule has 0 aliphatic heterocycles. The third kappa shape index (κ3) is 12.9. The summed E-state index contributed by atoms with van der Waals surface area (Å²) in [7, 11) is -2.54. The molecule has 0 aliphatic rings. The lowest BCUT2D eigenvalue weighted by Gasteiger charge is -2.07. The molecular formula is C19H32O5P+. The Morgan fingerprint density at radius 1 is 0.880 bits per heavy atom. The van der Waals surface area contributed by atoms with E-state index in [-0.39, 0.29) is 13.2 Å². The highest BCUT2D eigenvalue weighted by atomic mass is 31.1. The Morgan fingerprint density at radius 3 is 2.20 bits per heavy atom. The van der Waals surface area contributed by atoms with Gasteiger partial charge in [0.2, 0.25) is 0 Å². The second kappa shape index (κ2) is 15.3. The van der Waals surface area contributed by atoms with Crippen LogP contribution in [0.4, 0.5) is 0 Å². The van der Waals surface area contributed by atoms with Crippen molar-refractivity contribution in [1.29, 1.82) is 0 Å². The molecule has 25 heavy (non-hydrogen) atoms. The molecule has 0 amide bonds. The molecule has 1 aromatic rings. The maximum Gasteiger partial charge on any atom is 0.694 e. The zero-order valence-electron chi connectivity index (χ0n) is 15.3. The molecule has 0 aromatic heterocycles. The molecule has 0 radical (unpaired) electrons. The summed E-state index contributed by atoms with van der Waals surface area (Å²) >= 11 is 0. The Balaban J connectivity index is 2.02. The minimum absolute atomic E-state index is 0.110. The van der Waals surface area contributed by atoms with Gasteiger partial charge in [0, 0.05) is 4.57 Å². The van der Waals surface area contributed by atoms with Gasteiger partial charge in [-0.25, -0.2) is 0 Å². The van der Waals surface area contributed by atoms with Crippen LogP contribution in [-0.4, -0.2) is 31.3 Å². The van der Waals surface area contributed by atoms with Crippen LogP contribution >= 0.6 is 8.25 Å². The molecule has 6 heteroatoms. The van der Waals surface area contributed by atoms with E-state index in [1.807, 2.05) is 12.1 Å². The van der Waals surface area contributed by atoms with Crippen LogP contribution in [-0.2, 0) is 20.2 Å². The largest absolute Gasteiger partial charge is 0.694 e. The van der Waals surface area contributed by atoms with Gasteiger partial charge in [-0.15, -0.1) is 9.42 Å². The number of ether oxygens (including phenoxy) is 2. The van der Waals surface area contributed by atoms with Gasteiger partial charge in [-0.05, 0) is 30.5 Å². The van der Waals surface area contributed by atoms with E-state index in [2.05, 4.69) is 23.6 Å². The molecule has 5 nitrogen and oxygen atoms in total. The second-order valence-electron chi connectivity index (χ2n) is 6.05. The van der Waals surface area contributed by atoms with Crippen LogP contribution in [0.2, 0.25) is 0 Å². The Morgan fingerprint density at radius 2 is 1.52 bits per heavy atom. The summed E-state index contributed by atoms with van der Waals surface area (Å²) in [4.78, 5) is 8.44. The summed E-state index contributed by atoms with van der Waals surface area (Å²) in [6, 6.07) is 8.24. The molecule has 1 N–H and O–H groups in total. The molecule has 1 rings (SSSR count). The van der Waals surface area contributed by atoms with E-state index in [1.165, 1.54) is 50.5 Å². The van der Waals surface area contributed by atoms with E-state index in [0.717, 1.165) is 12.2 Å². The van der Waals surface area contributed by atoms with Gasteiger partial charge in [-0.2, -0.15) is 0 Å². The fraction of sp³-hybridized carbons (Fsp3) is 0.684. The molecule has 0 saturated heterocycles. The third-order valence-electron chi connectivity index (χ3n) is 3.92. The number of hydrogen-bond acceptors (Lipinski definition) is 4. The lowest BCUT2D eigenvalue weighted by Crippen LogP contribution is -2.09. The standard InChI is InChI=1S/C19H31O5P/c1-2-3-4-5-6-7-8-9-18-10-12-19(13-11-18)23-16-14-22-15-17-24-25(20)21/h10-13H,2-9,14-17H2,1H3/p+1. The average Bonchev–Trinajstić information content (AvgIpc) is 2.61. The summed E-state index contributed by atoms with van der Waals surface area (Å²) in [6.07, 6.45) is 10.5. The van der Waals surface area contributed by atoms with E-state index in [1.54, 1.807) is 0 Å². The van der Waals surface area contributed by atoms with Gasteiger partial charge in [0.15, 0.2) is 0 Å². The molecular weight excluding hydrogens is 339 g/mol. The van der Waals surface area contributed by atoms with Gasteiger partial charge in [0.1, 0.15) is 19.0 Å². The summed E-state index contributed by atoms with van der Waals surface area (Å²) in [5.74, 6) is 0.835. The molecule has 0 spiro atoms. The third-order valence-corrected chi connectivity index (χ3v) is 4.32. The first-order valence-electron chi connectivity index (χ1n) is 9.31. The number of rotatable bonds is 16. The summed E-state index contributed by atoms with van der Waals surface area (Å²) in [5.41, 5.74) is 1.35. The van der Waals surface area contributed by atoms with E-state index >= 15 is 0 Å². The lowest BCUT2D eigenvalue weighted by molar-refractivity contribution is 0.0755. The van der Waals surface area contributed by atoms with Crippen molar-refractivity contribution in [3.63, 3.8) is 0 Å². The van der Waals surface area contributed by atoms with Gasteiger partial charge >= 0.3 is 8.25 Å². The first-order valence-corrected chi connectivity index (χ1v) is 10.4. The van der Waals surface area contributed by atoms with Crippen LogP contribution in [0, 0.1) is 0 Å². The number of hydrogen-bond donors (Lipinski definition) is 1. The minimum Gasteiger partial charge on any atom is -0.491 e. The topological polar surface area (TPSA) is 65.0 Å². The second-order valence-corrected chi connectivity index (χ2v) is 6.78. The summed E-state index contributed by atoms with van der Waals surface area (Å²) < 4.78 is 25.6. The lowest BCUT2D eigenvalue weighted by atomic mass is 10.0. The molecule has 0 heterocycles. The van der Waals surface area contributed by atoms with E-state index < -0.39 is 8.25 Å². The quantitative estimate of drug-likeness (QED) is 0.326. The maximum atomic E-state index is 10.3. The Bertz CT molecular complexity index is 450. The molecule has 0 bridgehead atoms. The highest BCUT2D eigenvalue weighted by molar-refractivity contribution is 7.32. The number of unbranched alkanes of at least 4 members (excludes halogenated alkanes) is 6. The highest BCUT2D eigenvalue weighted by Crippen LogP contribution is 2.15. The summed E-state index contributed by atoms with van der Waals surface area (Å²) in [6.45, 7) is 3.51. The zero-order chi connectivity index (χ0) is 18.2. The smallest absolute Gasteiger partial charge is 0.491 e. The average molecular weight is 371 g/mol. The van der Waals surface area contributed by atoms with E-state index in [9.17, 15) is 4.57 Å². The zero-order valence-corrected chi connectivity index (χ0v) is 16.2. The molecule has 0 saturated carbocycles. The SMILES string of the molecule is CCCCCCCCCc1ccc(OCCOCCO[P+](=O)O)cc1. The molecule has 1 unspecified atom stereocenters. The van der Waals surface area contributed by atoms with Crippen molar-refractivity contribution in [2.45, 2.75) is 58.3 Å². The first kappa shape index (κ1) is 22.0. The van der Waals surface area contributed by atoms with Crippen LogP contribution in [0.5, 0.6) is 5.75 Å². The predicted molar refractivity (Wildman–Crippen MR) is 100 cm³/mol. The number of aryl methyl sites for hydroxylation is 1. The van der Waals surface area contributed by atoms with Crippen molar-refractivity contribution in [2.75, 3.05) is 26.4 Å². The van der Waals surface area contributed by atoms with Gasteiger partial charge in [-0.3, -0.25) is 0 Å². The van der Waals surface area contributed by atoms with Crippen molar-refractivity contribution >= 4 is 8.25 Å². The normalized spacial score (nSPS) is 11.5.